The minimum Gasteiger partial charge on any atom is -0.328 e. The average Bonchev–Trinajstić information content (AvgIpc) is 3.02. The summed E-state index contributed by atoms with van der Waals surface area (Å²) in [6.45, 7) is 6.87. The van der Waals surface area contributed by atoms with Crippen molar-refractivity contribution in [3.63, 3.8) is 0 Å². The number of unbranched alkanes of at least 4 members (excludes halogenated alkanes) is 2. The fraction of sp³-hybridized carbons (Fsp3) is 0.455. The number of hydrogen-bond acceptors (Lipinski definition) is 4. The summed E-state index contributed by atoms with van der Waals surface area (Å²) in [6.07, 6.45) is 5.52. The molecular formula is C22H27F2N3O2S. The first kappa shape index (κ1) is 22.3. The Morgan fingerprint density at radius 3 is 2.57 bits per heavy atom. The minimum absolute atomic E-state index is 0.163. The van der Waals surface area contributed by atoms with Crippen molar-refractivity contribution in [3.8, 4) is 0 Å². The number of rotatable bonds is 9. The van der Waals surface area contributed by atoms with Crippen LogP contribution in [0, 0.1) is 25.5 Å². The Hall–Kier alpha value is -2.35. The van der Waals surface area contributed by atoms with Crippen molar-refractivity contribution in [2.45, 2.75) is 64.3 Å². The molecule has 0 N–H and O–H groups in total. The number of pyridine rings is 1. The standard InChI is InChI=1S/C22H27F2N3O2S/c1-4-8-21-26-19-14-25-16(3)15(2)22(19)27(21)11-6-5-7-12-30(28,29)20-10-9-17(23)13-18(20)24/h9-10,13-14H,4-8,11-12H2,1-3H3. The van der Waals surface area contributed by atoms with Gasteiger partial charge in [0.15, 0.2) is 9.84 Å². The van der Waals surface area contributed by atoms with Crippen molar-refractivity contribution in [1.82, 2.24) is 14.5 Å². The first-order chi connectivity index (χ1) is 14.2. The van der Waals surface area contributed by atoms with Crippen molar-refractivity contribution in [3.05, 3.63) is 53.1 Å². The van der Waals surface area contributed by atoms with Gasteiger partial charge in [0, 0.05) is 24.7 Å². The van der Waals surface area contributed by atoms with Crippen LogP contribution in [0.15, 0.2) is 29.3 Å². The van der Waals surface area contributed by atoms with Crippen LogP contribution >= 0.6 is 0 Å². The van der Waals surface area contributed by atoms with Gasteiger partial charge < -0.3 is 4.57 Å². The van der Waals surface area contributed by atoms with Crippen molar-refractivity contribution < 1.29 is 17.2 Å². The van der Waals surface area contributed by atoms with E-state index < -0.39 is 26.4 Å². The molecule has 0 aliphatic heterocycles. The first-order valence-electron chi connectivity index (χ1n) is 10.2. The summed E-state index contributed by atoms with van der Waals surface area (Å²) < 4.78 is 53.8. The number of nitrogens with zero attached hydrogens (tertiary/aromatic N) is 3. The molecule has 0 unspecified atom stereocenters. The van der Waals surface area contributed by atoms with Crippen LogP contribution in [0.3, 0.4) is 0 Å². The SMILES string of the molecule is CCCc1nc2cnc(C)c(C)c2n1CCCCCS(=O)(=O)c1ccc(F)cc1F. The van der Waals surface area contributed by atoms with Crippen molar-refractivity contribution >= 4 is 20.9 Å². The molecular weight excluding hydrogens is 408 g/mol. The Morgan fingerprint density at radius 2 is 1.87 bits per heavy atom. The molecule has 0 amide bonds. The summed E-state index contributed by atoms with van der Waals surface area (Å²) >= 11 is 0. The second-order valence-corrected chi connectivity index (χ2v) is 9.66. The monoisotopic (exact) mass is 435 g/mol. The molecule has 2 heterocycles. The normalized spacial score (nSPS) is 12.0. The molecule has 3 rings (SSSR count). The molecule has 0 bridgehead atoms. The quantitative estimate of drug-likeness (QED) is 0.353. The highest BCUT2D eigenvalue weighted by molar-refractivity contribution is 7.91. The summed E-state index contributed by atoms with van der Waals surface area (Å²) in [6, 6.07) is 2.56. The maximum Gasteiger partial charge on any atom is 0.181 e. The third kappa shape index (κ3) is 4.69. The van der Waals surface area contributed by atoms with E-state index in [1.807, 2.05) is 13.8 Å². The topological polar surface area (TPSA) is 64.8 Å². The van der Waals surface area contributed by atoms with E-state index in [0.717, 1.165) is 66.1 Å². The number of sulfone groups is 1. The van der Waals surface area contributed by atoms with Crippen molar-refractivity contribution in [2.24, 2.45) is 0 Å². The van der Waals surface area contributed by atoms with E-state index in [0.29, 0.717) is 18.9 Å². The third-order valence-electron chi connectivity index (χ3n) is 5.35. The molecule has 0 fully saturated rings. The van der Waals surface area contributed by atoms with E-state index in [4.69, 9.17) is 4.98 Å². The second-order valence-electron chi connectivity index (χ2n) is 7.59. The maximum absolute atomic E-state index is 13.8. The smallest absolute Gasteiger partial charge is 0.181 e. The number of benzene rings is 1. The zero-order chi connectivity index (χ0) is 21.9. The molecule has 8 heteroatoms. The maximum atomic E-state index is 13.8. The van der Waals surface area contributed by atoms with Gasteiger partial charge in [0.2, 0.25) is 0 Å². The largest absolute Gasteiger partial charge is 0.328 e. The Kier molecular flexibility index (Phi) is 6.85. The van der Waals surface area contributed by atoms with E-state index in [9.17, 15) is 17.2 Å². The van der Waals surface area contributed by atoms with Gasteiger partial charge in [0.05, 0.1) is 17.5 Å². The Labute approximate surface area is 176 Å². The van der Waals surface area contributed by atoms with Gasteiger partial charge in [-0.05, 0) is 50.8 Å². The van der Waals surface area contributed by atoms with E-state index >= 15 is 0 Å². The van der Waals surface area contributed by atoms with Gasteiger partial charge in [-0.3, -0.25) is 4.98 Å². The van der Waals surface area contributed by atoms with Crippen LogP contribution in [0.2, 0.25) is 0 Å². The number of aryl methyl sites for hydroxylation is 4. The lowest BCUT2D eigenvalue weighted by molar-refractivity contribution is 0.545. The molecule has 0 radical (unpaired) electrons. The van der Waals surface area contributed by atoms with Crippen molar-refractivity contribution in [1.29, 1.82) is 0 Å². The van der Waals surface area contributed by atoms with Gasteiger partial charge in [0.1, 0.15) is 27.9 Å². The molecule has 5 nitrogen and oxygen atoms in total. The fourth-order valence-corrected chi connectivity index (χ4v) is 5.10. The lowest BCUT2D eigenvalue weighted by atomic mass is 10.2. The number of aromatic nitrogens is 3. The number of imidazole rings is 1. The van der Waals surface area contributed by atoms with E-state index in [-0.39, 0.29) is 5.75 Å². The van der Waals surface area contributed by atoms with Crippen molar-refractivity contribution in [2.75, 3.05) is 5.75 Å². The molecule has 0 aliphatic carbocycles. The van der Waals surface area contributed by atoms with Crippen LogP contribution in [0.4, 0.5) is 8.78 Å². The molecule has 0 spiro atoms. The van der Waals surface area contributed by atoms with Crippen LogP contribution in [-0.4, -0.2) is 28.7 Å². The Bertz CT molecular complexity index is 1160. The number of fused-ring (bicyclic) bond motifs is 1. The highest BCUT2D eigenvalue weighted by Gasteiger charge is 2.19. The Balaban J connectivity index is 1.66. The molecule has 162 valence electrons. The molecule has 0 saturated carbocycles. The zero-order valence-electron chi connectivity index (χ0n) is 17.6. The highest BCUT2D eigenvalue weighted by atomic mass is 32.2. The lowest BCUT2D eigenvalue weighted by Gasteiger charge is -2.11. The van der Waals surface area contributed by atoms with Crippen LogP contribution in [0.1, 0.15) is 49.7 Å². The van der Waals surface area contributed by atoms with Crippen LogP contribution in [0.25, 0.3) is 11.0 Å². The van der Waals surface area contributed by atoms with Gasteiger partial charge in [-0.25, -0.2) is 22.2 Å². The summed E-state index contributed by atoms with van der Waals surface area (Å²) in [5, 5.41) is 0. The summed E-state index contributed by atoms with van der Waals surface area (Å²) in [4.78, 5) is 8.70. The Morgan fingerprint density at radius 1 is 1.10 bits per heavy atom. The predicted molar refractivity (Wildman–Crippen MR) is 113 cm³/mol. The fourth-order valence-electron chi connectivity index (χ4n) is 3.66. The molecule has 0 saturated heterocycles. The molecule has 0 atom stereocenters. The third-order valence-corrected chi connectivity index (χ3v) is 7.18. The van der Waals surface area contributed by atoms with E-state index in [2.05, 4.69) is 16.5 Å². The zero-order valence-corrected chi connectivity index (χ0v) is 18.4. The lowest BCUT2D eigenvalue weighted by Crippen LogP contribution is -2.10. The van der Waals surface area contributed by atoms with Crippen LogP contribution < -0.4 is 0 Å². The first-order valence-corrected chi connectivity index (χ1v) is 11.9. The van der Waals surface area contributed by atoms with Crippen LogP contribution in [-0.2, 0) is 22.8 Å². The van der Waals surface area contributed by atoms with Gasteiger partial charge in [-0.1, -0.05) is 13.3 Å². The molecule has 3 aromatic rings. The van der Waals surface area contributed by atoms with E-state index in [1.165, 1.54) is 0 Å². The summed E-state index contributed by atoms with van der Waals surface area (Å²) in [7, 11) is -3.77. The second kappa shape index (κ2) is 9.20. The van der Waals surface area contributed by atoms with Gasteiger partial charge in [-0.15, -0.1) is 0 Å². The van der Waals surface area contributed by atoms with Gasteiger partial charge >= 0.3 is 0 Å². The van der Waals surface area contributed by atoms with Crippen LogP contribution in [0.5, 0.6) is 0 Å². The predicted octanol–water partition coefficient (Wildman–Crippen LogP) is 4.92. The molecule has 2 aromatic heterocycles. The molecule has 30 heavy (non-hydrogen) atoms. The average molecular weight is 436 g/mol. The van der Waals surface area contributed by atoms with Gasteiger partial charge in [-0.2, -0.15) is 0 Å². The minimum atomic E-state index is -3.77. The highest BCUT2D eigenvalue weighted by Crippen LogP contribution is 2.23. The number of hydrogen-bond donors (Lipinski definition) is 0. The molecule has 1 aromatic carbocycles. The number of halogens is 2. The summed E-state index contributed by atoms with van der Waals surface area (Å²) in [5.41, 5.74) is 4.05. The molecule has 0 aliphatic rings. The summed E-state index contributed by atoms with van der Waals surface area (Å²) in [5.74, 6) is -0.973. The van der Waals surface area contributed by atoms with E-state index in [1.54, 1.807) is 6.20 Å². The van der Waals surface area contributed by atoms with Gasteiger partial charge in [0.25, 0.3) is 0 Å².